The predicted molar refractivity (Wildman–Crippen MR) is 151 cm³/mol. The van der Waals surface area contributed by atoms with E-state index in [-0.39, 0.29) is 29.4 Å². The number of benzene rings is 1. The number of aliphatic imine (C=N–C) groups is 1. The Morgan fingerprint density at radius 2 is 2.00 bits per heavy atom. The number of hydrogen-bond acceptors (Lipinski definition) is 8. The van der Waals surface area contributed by atoms with Gasteiger partial charge in [-0.3, -0.25) is 4.99 Å². The first-order valence-corrected chi connectivity index (χ1v) is 16.1. The van der Waals surface area contributed by atoms with E-state index in [2.05, 4.69) is 19.7 Å². The van der Waals surface area contributed by atoms with E-state index in [0.29, 0.717) is 38.9 Å². The van der Waals surface area contributed by atoms with E-state index in [1.807, 2.05) is 4.90 Å². The number of nitrogens with zero attached hydrogens (tertiary/aromatic N) is 6. The van der Waals surface area contributed by atoms with Crippen molar-refractivity contribution in [1.29, 1.82) is 0 Å². The Hall–Kier alpha value is -2.78. The smallest absolute Gasteiger partial charge is 0.326 e. The summed E-state index contributed by atoms with van der Waals surface area (Å²) in [6.45, 7) is -0.332. The van der Waals surface area contributed by atoms with Crippen LogP contribution in [0.1, 0.15) is 48.1 Å². The summed E-state index contributed by atoms with van der Waals surface area (Å²) in [5.41, 5.74) is 1.88. The van der Waals surface area contributed by atoms with Crippen LogP contribution in [0.2, 0.25) is 5.02 Å². The van der Waals surface area contributed by atoms with Crippen LogP contribution in [0, 0.1) is 5.82 Å². The standard InChI is InChI=1S/C26H27ClF3N7O2S2/c27-19-13-16(28)3-4-18(19)23-22(20-5-9-37(33-20)26(29)30)21-14-17(15-36(21)24(32-23)25-31-6-11-40-25)34-41(38,39)12-10-35-7-1-2-8-35/h3-6,9,11,13,17,23,26,34H,1-2,7-8,10,12,14-15H2/t17-,23-/m0/s1. The van der Waals surface area contributed by atoms with Gasteiger partial charge in [-0.25, -0.2) is 27.2 Å². The van der Waals surface area contributed by atoms with Gasteiger partial charge in [-0.05, 0) is 44.1 Å². The van der Waals surface area contributed by atoms with Gasteiger partial charge in [0.15, 0.2) is 10.8 Å². The number of nitrogens with one attached hydrogen (secondary N) is 1. The Labute approximate surface area is 244 Å². The average Bonchev–Trinajstić information content (AvgIpc) is 3.73. The molecule has 0 saturated carbocycles. The van der Waals surface area contributed by atoms with E-state index in [4.69, 9.17) is 16.6 Å². The molecule has 0 bridgehead atoms. The summed E-state index contributed by atoms with van der Waals surface area (Å²) in [5, 5.41) is 6.63. The first kappa shape index (κ1) is 28.3. The molecule has 1 aromatic carbocycles. The summed E-state index contributed by atoms with van der Waals surface area (Å²) in [5.74, 6) is -0.0490. The largest absolute Gasteiger partial charge is 0.333 e. The van der Waals surface area contributed by atoms with Crippen LogP contribution in [0.4, 0.5) is 13.2 Å². The number of amidine groups is 1. The Morgan fingerprint density at radius 3 is 2.68 bits per heavy atom. The van der Waals surface area contributed by atoms with Gasteiger partial charge in [0.25, 0.3) is 0 Å². The molecule has 2 fully saturated rings. The van der Waals surface area contributed by atoms with Crippen LogP contribution in [0.15, 0.2) is 52.7 Å². The lowest BCUT2D eigenvalue weighted by Gasteiger charge is -2.32. The molecule has 3 aliphatic heterocycles. The summed E-state index contributed by atoms with van der Waals surface area (Å²) in [6.07, 6.45) is 5.22. The van der Waals surface area contributed by atoms with Crippen molar-refractivity contribution in [2.75, 3.05) is 31.9 Å². The SMILES string of the molecule is O=S(=O)(CCN1CCCC1)N[C@H]1CC2=C(c3ccn(C(F)F)n3)[C@H](c3ccc(F)cc3Cl)N=C(c3nccs3)N2C1. The van der Waals surface area contributed by atoms with E-state index in [0.717, 1.165) is 25.9 Å². The van der Waals surface area contributed by atoms with Gasteiger partial charge in [0, 0.05) is 65.2 Å². The molecule has 41 heavy (non-hydrogen) atoms. The molecule has 5 heterocycles. The molecule has 2 atom stereocenters. The van der Waals surface area contributed by atoms with Crippen molar-refractivity contribution in [3.63, 3.8) is 0 Å². The normalized spacial score (nSPS) is 21.7. The zero-order valence-electron chi connectivity index (χ0n) is 21.8. The van der Waals surface area contributed by atoms with Gasteiger partial charge >= 0.3 is 6.55 Å². The van der Waals surface area contributed by atoms with Gasteiger partial charge in [-0.15, -0.1) is 11.3 Å². The van der Waals surface area contributed by atoms with E-state index < -0.39 is 34.5 Å². The number of thiazole rings is 1. The minimum atomic E-state index is -3.61. The van der Waals surface area contributed by atoms with E-state index in [1.165, 1.54) is 41.8 Å². The number of hydrogen-bond donors (Lipinski definition) is 1. The van der Waals surface area contributed by atoms with Gasteiger partial charge in [0.05, 0.1) is 11.4 Å². The molecule has 0 amide bonds. The fraction of sp³-hybridized carbons (Fsp3) is 0.423. The number of rotatable bonds is 9. The molecule has 0 unspecified atom stereocenters. The maximum atomic E-state index is 14.0. The number of aromatic nitrogens is 3. The van der Waals surface area contributed by atoms with Crippen LogP contribution in [-0.4, -0.2) is 76.8 Å². The van der Waals surface area contributed by atoms with Crippen LogP contribution < -0.4 is 4.72 Å². The minimum Gasteiger partial charge on any atom is -0.326 e. The lowest BCUT2D eigenvalue weighted by Crippen LogP contribution is -2.41. The average molecular weight is 626 g/mol. The van der Waals surface area contributed by atoms with Crippen molar-refractivity contribution < 1.29 is 21.6 Å². The second-order valence-electron chi connectivity index (χ2n) is 10.2. The third kappa shape index (κ3) is 5.93. The van der Waals surface area contributed by atoms with Crippen LogP contribution in [0.25, 0.3) is 5.57 Å². The highest BCUT2D eigenvalue weighted by Gasteiger charge is 2.42. The molecule has 2 saturated heterocycles. The molecule has 6 rings (SSSR count). The Bertz CT molecular complexity index is 1590. The van der Waals surface area contributed by atoms with Gasteiger partial charge in [0.1, 0.15) is 11.9 Å². The molecule has 218 valence electrons. The third-order valence-electron chi connectivity index (χ3n) is 7.45. The minimum absolute atomic E-state index is 0.0184. The zero-order valence-corrected chi connectivity index (χ0v) is 24.1. The van der Waals surface area contributed by atoms with Crippen LogP contribution in [0.5, 0.6) is 0 Å². The number of likely N-dealkylation sites (tertiary alicyclic amines) is 1. The Kier molecular flexibility index (Phi) is 7.94. The second kappa shape index (κ2) is 11.5. The molecule has 0 aliphatic carbocycles. The number of alkyl halides is 2. The van der Waals surface area contributed by atoms with Crippen molar-refractivity contribution >= 4 is 44.4 Å². The number of halogens is 4. The summed E-state index contributed by atoms with van der Waals surface area (Å²) in [7, 11) is -3.61. The van der Waals surface area contributed by atoms with Crippen molar-refractivity contribution in [2.24, 2.45) is 4.99 Å². The summed E-state index contributed by atoms with van der Waals surface area (Å²) in [6, 6.07) is 4.09. The summed E-state index contributed by atoms with van der Waals surface area (Å²) >= 11 is 7.85. The molecular weight excluding hydrogens is 599 g/mol. The van der Waals surface area contributed by atoms with Crippen molar-refractivity contribution in [1.82, 2.24) is 29.3 Å². The molecule has 2 aromatic heterocycles. The van der Waals surface area contributed by atoms with Crippen molar-refractivity contribution in [3.05, 3.63) is 74.8 Å². The zero-order chi connectivity index (χ0) is 28.7. The van der Waals surface area contributed by atoms with Gasteiger partial charge in [-0.2, -0.15) is 13.9 Å². The molecule has 9 nitrogen and oxygen atoms in total. The fourth-order valence-electron chi connectivity index (χ4n) is 5.60. The topological polar surface area (TPSA) is 95.7 Å². The maximum absolute atomic E-state index is 14.0. The summed E-state index contributed by atoms with van der Waals surface area (Å²) < 4.78 is 70.6. The van der Waals surface area contributed by atoms with E-state index in [9.17, 15) is 21.6 Å². The Balaban J connectivity index is 1.41. The highest BCUT2D eigenvalue weighted by molar-refractivity contribution is 7.89. The quantitative estimate of drug-likeness (QED) is 0.376. The van der Waals surface area contributed by atoms with Gasteiger partial charge < -0.3 is 9.80 Å². The molecule has 1 N–H and O–H groups in total. The lowest BCUT2D eigenvalue weighted by atomic mass is 9.92. The van der Waals surface area contributed by atoms with Gasteiger partial charge in [0.2, 0.25) is 10.0 Å². The monoisotopic (exact) mass is 625 g/mol. The second-order valence-corrected chi connectivity index (χ2v) is 13.3. The van der Waals surface area contributed by atoms with Crippen LogP contribution >= 0.6 is 22.9 Å². The molecule has 3 aromatic rings. The lowest BCUT2D eigenvalue weighted by molar-refractivity contribution is 0.0564. The van der Waals surface area contributed by atoms with Crippen LogP contribution in [0.3, 0.4) is 0 Å². The molecule has 15 heteroatoms. The Morgan fingerprint density at radius 1 is 1.20 bits per heavy atom. The predicted octanol–water partition coefficient (Wildman–Crippen LogP) is 4.53. The highest BCUT2D eigenvalue weighted by Crippen LogP contribution is 2.46. The first-order chi connectivity index (χ1) is 19.7. The van der Waals surface area contributed by atoms with Crippen LogP contribution in [-0.2, 0) is 10.0 Å². The van der Waals surface area contributed by atoms with E-state index in [1.54, 1.807) is 11.6 Å². The third-order valence-corrected chi connectivity index (χ3v) is 9.95. The molecule has 0 radical (unpaired) electrons. The van der Waals surface area contributed by atoms with E-state index >= 15 is 0 Å². The highest BCUT2D eigenvalue weighted by atomic mass is 35.5. The van der Waals surface area contributed by atoms with Gasteiger partial charge in [-0.1, -0.05) is 17.7 Å². The number of fused-ring (bicyclic) bond motifs is 1. The van der Waals surface area contributed by atoms with Crippen molar-refractivity contribution in [2.45, 2.75) is 37.9 Å². The summed E-state index contributed by atoms with van der Waals surface area (Å²) in [4.78, 5) is 13.4. The molecule has 0 spiro atoms. The first-order valence-electron chi connectivity index (χ1n) is 13.2. The molecular formula is C26H27ClF3N7O2S2. The molecule has 3 aliphatic rings. The fourth-order valence-corrected chi connectivity index (χ4v) is 7.79. The van der Waals surface area contributed by atoms with Crippen molar-refractivity contribution in [3.8, 4) is 0 Å². The number of sulfonamides is 1. The maximum Gasteiger partial charge on any atom is 0.333 e.